The van der Waals surface area contributed by atoms with Crippen LogP contribution in [0.1, 0.15) is 33.6 Å². The van der Waals surface area contributed by atoms with Crippen LogP contribution in [0, 0.1) is 0 Å². The van der Waals surface area contributed by atoms with Crippen molar-refractivity contribution in [2.45, 2.75) is 12.8 Å². The molecule has 1 amide bonds. The van der Waals surface area contributed by atoms with E-state index < -0.39 is 18.0 Å². The van der Waals surface area contributed by atoms with Crippen molar-refractivity contribution in [2.75, 3.05) is 13.1 Å². The van der Waals surface area contributed by atoms with Crippen LogP contribution in [0.25, 0.3) is 0 Å². The summed E-state index contributed by atoms with van der Waals surface area (Å²) in [5.41, 5.74) is -0.0372. The zero-order valence-electron chi connectivity index (χ0n) is 10.7. The van der Waals surface area contributed by atoms with Gasteiger partial charge in [0.15, 0.2) is 0 Å². The molecule has 0 unspecified atom stereocenters. The Labute approximate surface area is 115 Å². The molecule has 108 valence electrons. The van der Waals surface area contributed by atoms with E-state index in [1.54, 1.807) is 0 Å². The number of carboxylic acid groups (broad SMARTS) is 3. The number of hydrogen-bond donors (Lipinski definition) is 3. The second kappa shape index (κ2) is 7.13. The van der Waals surface area contributed by atoms with E-state index >= 15 is 0 Å². The van der Waals surface area contributed by atoms with Crippen molar-refractivity contribution in [2.24, 2.45) is 0 Å². The highest BCUT2D eigenvalue weighted by atomic mass is 16.4. The highest BCUT2D eigenvalue weighted by Gasteiger charge is 2.15. The summed E-state index contributed by atoms with van der Waals surface area (Å²) in [6.45, 7) is 1.46. The van der Waals surface area contributed by atoms with Gasteiger partial charge in [-0.1, -0.05) is 6.07 Å². The van der Waals surface area contributed by atoms with E-state index in [0.717, 1.165) is 32.0 Å². The monoisotopic (exact) mass is 281 g/mol. The predicted octanol–water partition coefficient (Wildman–Crippen LogP) is 1.84. The van der Waals surface area contributed by atoms with Crippen molar-refractivity contribution in [3.05, 3.63) is 35.4 Å². The van der Waals surface area contributed by atoms with Gasteiger partial charge in [0.2, 0.25) is 0 Å². The number of rotatable bonds is 2. The van der Waals surface area contributed by atoms with Gasteiger partial charge in [0.25, 0.3) is 0 Å². The lowest BCUT2D eigenvalue weighted by Crippen LogP contribution is -2.25. The predicted molar refractivity (Wildman–Crippen MR) is 69.2 cm³/mol. The maximum Gasteiger partial charge on any atom is 0.407 e. The summed E-state index contributed by atoms with van der Waals surface area (Å²) in [7, 11) is 0. The molecule has 1 fully saturated rings. The largest absolute Gasteiger partial charge is 0.478 e. The van der Waals surface area contributed by atoms with Gasteiger partial charge in [0, 0.05) is 13.1 Å². The molecule has 1 aromatic carbocycles. The van der Waals surface area contributed by atoms with Crippen molar-refractivity contribution in [3.63, 3.8) is 0 Å². The van der Waals surface area contributed by atoms with E-state index in [1.165, 1.54) is 23.1 Å². The second-order valence-electron chi connectivity index (χ2n) is 4.17. The van der Waals surface area contributed by atoms with E-state index in [4.69, 9.17) is 15.3 Å². The Balaban J connectivity index is 0.000000217. The summed E-state index contributed by atoms with van der Waals surface area (Å²) in [6.07, 6.45) is 1.29. The first kappa shape index (κ1) is 15.5. The summed E-state index contributed by atoms with van der Waals surface area (Å²) >= 11 is 0. The van der Waals surface area contributed by atoms with Crippen molar-refractivity contribution >= 4 is 18.0 Å². The Morgan fingerprint density at radius 3 is 1.65 bits per heavy atom. The molecule has 0 aromatic heterocycles. The molecule has 1 aromatic rings. The first-order chi connectivity index (χ1) is 9.41. The molecule has 1 heterocycles. The minimum atomic E-state index is -1.13. The van der Waals surface area contributed by atoms with Crippen LogP contribution in [-0.2, 0) is 0 Å². The first-order valence-corrected chi connectivity index (χ1v) is 5.96. The Morgan fingerprint density at radius 1 is 0.900 bits per heavy atom. The fourth-order valence-electron chi connectivity index (χ4n) is 1.69. The molecule has 0 bridgehead atoms. The SMILES string of the molecule is O=C(O)N1CCCC1.O=C(O)c1cccc(C(=O)O)c1. The van der Waals surface area contributed by atoms with Crippen LogP contribution in [0.5, 0.6) is 0 Å². The van der Waals surface area contributed by atoms with Crippen molar-refractivity contribution in [3.8, 4) is 0 Å². The van der Waals surface area contributed by atoms with E-state index in [0.29, 0.717) is 0 Å². The van der Waals surface area contributed by atoms with Crippen LogP contribution in [0.2, 0.25) is 0 Å². The Hall–Kier alpha value is -2.57. The maximum atomic E-state index is 10.4. The van der Waals surface area contributed by atoms with Crippen LogP contribution in [0.15, 0.2) is 24.3 Å². The molecule has 0 spiro atoms. The molecule has 2 rings (SSSR count). The number of benzene rings is 1. The van der Waals surface area contributed by atoms with Gasteiger partial charge in [-0.15, -0.1) is 0 Å². The average Bonchev–Trinajstić information content (AvgIpc) is 2.93. The standard InChI is InChI=1S/C8H6O4.C5H9NO2/c9-7(10)5-2-1-3-6(4-5)8(11)12;7-5(8)6-3-1-2-4-6/h1-4H,(H,9,10)(H,11,12);1-4H2,(H,7,8). The number of carbonyl (C=O) groups is 3. The lowest BCUT2D eigenvalue weighted by molar-refractivity contribution is 0.0696. The summed E-state index contributed by atoms with van der Waals surface area (Å²) in [5.74, 6) is -2.25. The van der Waals surface area contributed by atoms with Crippen molar-refractivity contribution in [1.82, 2.24) is 4.90 Å². The van der Waals surface area contributed by atoms with Crippen LogP contribution in [-0.4, -0.2) is 51.3 Å². The lowest BCUT2D eigenvalue weighted by atomic mass is 10.1. The second-order valence-corrected chi connectivity index (χ2v) is 4.17. The molecule has 20 heavy (non-hydrogen) atoms. The number of amides is 1. The van der Waals surface area contributed by atoms with Crippen LogP contribution in [0.4, 0.5) is 4.79 Å². The van der Waals surface area contributed by atoms with Crippen molar-refractivity contribution in [1.29, 1.82) is 0 Å². The zero-order valence-corrected chi connectivity index (χ0v) is 10.7. The summed E-state index contributed by atoms with van der Waals surface area (Å²) < 4.78 is 0. The lowest BCUT2D eigenvalue weighted by Gasteiger charge is -2.07. The zero-order chi connectivity index (χ0) is 15.1. The van der Waals surface area contributed by atoms with Gasteiger partial charge in [-0.3, -0.25) is 0 Å². The molecule has 7 nitrogen and oxygen atoms in total. The molecule has 1 aliphatic rings. The fourth-order valence-corrected chi connectivity index (χ4v) is 1.69. The van der Waals surface area contributed by atoms with E-state index in [1.807, 2.05) is 0 Å². The summed E-state index contributed by atoms with van der Waals surface area (Å²) in [5, 5.41) is 25.3. The molecule has 0 aliphatic carbocycles. The van der Waals surface area contributed by atoms with Gasteiger partial charge in [-0.2, -0.15) is 0 Å². The summed E-state index contributed by atoms with van der Waals surface area (Å²) in [4.78, 5) is 32.3. The molecule has 3 N–H and O–H groups in total. The van der Waals surface area contributed by atoms with E-state index in [-0.39, 0.29) is 11.1 Å². The Morgan fingerprint density at radius 2 is 1.35 bits per heavy atom. The molecule has 0 saturated carbocycles. The smallest absolute Gasteiger partial charge is 0.407 e. The number of carboxylic acids is 2. The maximum absolute atomic E-state index is 10.4. The molecular weight excluding hydrogens is 266 g/mol. The third-order valence-corrected chi connectivity index (χ3v) is 2.73. The molecule has 7 heteroatoms. The molecule has 0 radical (unpaired) electrons. The number of nitrogens with zero attached hydrogens (tertiary/aromatic N) is 1. The quantitative estimate of drug-likeness (QED) is 0.761. The third kappa shape index (κ3) is 4.60. The highest BCUT2D eigenvalue weighted by Crippen LogP contribution is 2.06. The van der Waals surface area contributed by atoms with Crippen LogP contribution < -0.4 is 0 Å². The molecule has 1 aliphatic heterocycles. The topological polar surface area (TPSA) is 115 Å². The van der Waals surface area contributed by atoms with Gasteiger partial charge < -0.3 is 20.2 Å². The minimum Gasteiger partial charge on any atom is -0.478 e. The molecule has 1 saturated heterocycles. The number of hydrogen-bond acceptors (Lipinski definition) is 3. The molecular formula is C13H15NO6. The van der Waals surface area contributed by atoms with Gasteiger partial charge in [-0.25, -0.2) is 14.4 Å². The first-order valence-electron chi connectivity index (χ1n) is 5.96. The number of likely N-dealkylation sites (tertiary alicyclic amines) is 1. The third-order valence-electron chi connectivity index (χ3n) is 2.73. The minimum absolute atomic E-state index is 0.0186. The average molecular weight is 281 g/mol. The van der Waals surface area contributed by atoms with Crippen molar-refractivity contribution < 1.29 is 29.7 Å². The summed E-state index contributed by atoms with van der Waals surface area (Å²) in [6, 6.07) is 5.20. The van der Waals surface area contributed by atoms with E-state index in [9.17, 15) is 14.4 Å². The van der Waals surface area contributed by atoms with Gasteiger partial charge in [0.05, 0.1) is 11.1 Å². The van der Waals surface area contributed by atoms with Crippen LogP contribution >= 0.6 is 0 Å². The highest BCUT2D eigenvalue weighted by molar-refractivity contribution is 5.93. The number of aromatic carboxylic acids is 2. The van der Waals surface area contributed by atoms with Gasteiger partial charge in [0.1, 0.15) is 0 Å². The Bertz CT molecular complexity index is 478. The van der Waals surface area contributed by atoms with Gasteiger partial charge >= 0.3 is 18.0 Å². The van der Waals surface area contributed by atoms with Gasteiger partial charge in [-0.05, 0) is 31.0 Å². The Kier molecular flexibility index (Phi) is 5.52. The van der Waals surface area contributed by atoms with Crippen LogP contribution in [0.3, 0.4) is 0 Å². The normalized spacial score (nSPS) is 13.3. The van der Waals surface area contributed by atoms with E-state index in [2.05, 4.69) is 0 Å². The fraction of sp³-hybridized carbons (Fsp3) is 0.308. The molecule has 0 atom stereocenters.